The minimum absolute atomic E-state index is 0.0224. The predicted octanol–water partition coefficient (Wildman–Crippen LogP) is 2.26. The second-order valence-electron chi connectivity index (χ2n) is 6.38. The molecule has 1 aromatic carbocycles. The number of carbonyl (C=O) groups excluding carboxylic acids is 1. The Morgan fingerprint density at radius 2 is 2.07 bits per heavy atom. The molecule has 1 saturated heterocycles. The van der Waals surface area contributed by atoms with E-state index in [9.17, 15) is 4.79 Å². The lowest BCUT2D eigenvalue weighted by atomic mass is 10.1. The number of hydrogen-bond acceptors (Lipinski definition) is 7. The average Bonchev–Trinajstić information content (AvgIpc) is 2.72. The fraction of sp³-hybridized carbons (Fsp3) is 0.300. The van der Waals surface area contributed by atoms with E-state index in [0.717, 1.165) is 24.3 Å². The molecular formula is C20H20N4O3. The quantitative estimate of drug-likeness (QED) is 0.695. The van der Waals surface area contributed by atoms with Crippen molar-refractivity contribution >= 4 is 16.8 Å². The zero-order chi connectivity index (χ0) is 18.6. The number of ketones is 1. The number of pyridine rings is 1. The molecule has 0 spiro atoms. The van der Waals surface area contributed by atoms with Crippen molar-refractivity contribution in [1.29, 1.82) is 0 Å². The van der Waals surface area contributed by atoms with Crippen molar-refractivity contribution in [2.45, 2.75) is 13.0 Å². The number of Topliss-reactive ketones (excluding diaryl/α,β-unsaturated/α-hetero) is 1. The second kappa shape index (κ2) is 7.77. The molecular weight excluding hydrogens is 344 g/mol. The lowest BCUT2D eigenvalue weighted by Gasteiger charge is -2.23. The van der Waals surface area contributed by atoms with Crippen molar-refractivity contribution in [2.75, 3.05) is 26.3 Å². The van der Waals surface area contributed by atoms with Crippen molar-refractivity contribution in [2.24, 2.45) is 0 Å². The minimum atomic E-state index is -0.0224. The summed E-state index contributed by atoms with van der Waals surface area (Å²) < 4.78 is 11.6. The Bertz CT molecular complexity index is 953. The molecule has 4 rings (SSSR count). The Hall–Kier alpha value is -2.90. The van der Waals surface area contributed by atoms with Gasteiger partial charge in [0.05, 0.1) is 17.8 Å². The second-order valence-corrected chi connectivity index (χ2v) is 6.38. The van der Waals surface area contributed by atoms with Crippen LogP contribution >= 0.6 is 0 Å². The number of ether oxygens (including phenoxy) is 2. The van der Waals surface area contributed by atoms with Crippen LogP contribution in [0.2, 0.25) is 0 Å². The maximum atomic E-state index is 11.5. The number of fused-ring (bicyclic) bond motifs is 1. The van der Waals surface area contributed by atoms with Crippen LogP contribution in [-0.4, -0.2) is 53.1 Å². The molecule has 1 aliphatic rings. The molecule has 138 valence electrons. The highest BCUT2D eigenvalue weighted by atomic mass is 16.5. The maximum Gasteiger partial charge on any atom is 0.242 e. The van der Waals surface area contributed by atoms with E-state index in [-0.39, 0.29) is 11.9 Å². The van der Waals surface area contributed by atoms with E-state index in [1.165, 1.54) is 0 Å². The van der Waals surface area contributed by atoms with E-state index in [0.29, 0.717) is 35.7 Å². The van der Waals surface area contributed by atoms with Crippen LogP contribution < -0.4 is 10.1 Å². The van der Waals surface area contributed by atoms with Gasteiger partial charge >= 0.3 is 0 Å². The van der Waals surface area contributed by atoms with Crippen LogP contribution in [0.3, 0.4) is 0 Å². The van der Waals surface area contributed by atoms with Gasteiger partial charge in [-0.2, -0.15) is 0 Å². The minimum Gasteiger partial charge on any atom is -0.473 e. The molecule has 1 aliphatic heterocycles. The Morgan fingerprint density at radius 3 is 2.81 bits per heavy atom. The summed E-state index contributed by atoms with van der Waals surface area (Å²) in [4.78, 5) is 24.9. The molecule has 1 fully saturated rings. The summed E-state index contributed by atoms with van der Waals surface area (Å²) in [6.07, 6.45) is 3.24. The molecule has 1 atom stereocenters. The average molecular weight is 364 g/mol. The van der Waals surface area contributed by atoms with Gasteiger partial charge in [-0.05, 0) is 13.0 Å². The predicted molar refractivity (Wildman–Crippen MR) is 101 cm³/mol. The van der Waals surface area contributed by atoms with E-state index in [1.54, 1.807) is 31.5 Å². The van der Waals surface area contributed by atoms with E-state index < -0.39 is 0 Å². The number of aromatic nitrogens is 3. The third-order valence-electron chi connectivity index (χ3n) is 4.42. The summed E-state index contributed by atoms with van der Waals surface area (Å²) in [5.41, 5.74) is 3.59. The smallest absolute Gasteiger partial charge is 0.242 e. The number of hydrogen-bond donors (Lipinski definition) is 1. The van der Waals surface area contributed by atoms with Crippen LogP contribution in [0.1, 0.15) is 17.3 Å². The van der Waals surface area contributed by atoms with Gasteiger partial charge in [0.1, 0.15) is 12.7 Å². The van der Waals surface area contributed by atoms with Gasteiger partial charge in [-0.3, -0.25) is 9.78 Å². The standard InChI is InChI=1S/C20H20N4O3/c1-13(25)14-2-4-15(5-3-14)17-10-18-19(23-7-6-22-18)20(24-17)27-12-16-11-21-8-9-26-16/h2-7,10,16,21H,8-9,11-12H2,1H3. The number of rotatable bonds is 5. The topological polar surface area (TPSA) is 86.2 Å². The summed E-state index contributed by atoms with van der Waals surface area (Å²) in [7, 11) is 0. The molecule has 0 aliphatic carbocycles. The highest BCUT2D eigenvalue weighted by molar-refractivity contribution is 5.94. The van der Waals surface area contributed by atoms with Gasteiger partial charge in [0, 0.05) is 36.6 Å². The first-order valence-electron chi connectivity index (χ1n) is 8.89. The van der Waals surface area contributed by atoms with Gasteiger partial charge in [-0.1, -0.05) is 24.3 Å². The van der Waals surface area contributed by atoms with Crippen LogP contribution in [0.5, 0.6) is 5.88 Å². The third-order valence-corrected chi connectivity index (χ3v) is 4.42. The number of nitrogens with zero attached hydrogens (tertiary/aromatic N) is 3. The van der Waals surface area contributed by atoms with Crippen molar-refractivity contribution < 1.29 is 14.3 Å². The molecule has 3 aromatic rings. The zero-order valence-corrected chi connectivity index (χ0v) is 15.0. The third kappa shape index (κ3) is 3.94. The summed E-state index contributed by atoms with van der Waals surface area (Å²) in [5.74, 6) is 0.462. The van der Waals surface area contributed by atoms with Gasteiger partial charge in [0.2, 0.25) is 5.88 Å². The van der Waals surface area contributed by atoms with E-state index >= 15 is 0 Å². The van der Waals surface area contributed by atoms with Crippen molar-refractivity contribution in [3.63, 3.8) is 0 Å². The first-order valence-corrected chi connectivity index (χ1v) is 8.89. The molecule has 0 bridgehead atoms. The van der Waals surface area contributed by atoms with E-state index in [1.807, 2.05) is 18.2 Å². The van der Waals surface area contributed by atoms with Gasteiger partial charge < -0.3 is 14.8 Å². The Morgan fingerprint density at radius 1 is 1.26 bits per heavy atom. The molecule has 0 amide bonds. The summed E-state index contributed by atoms with van der Waals surface area (Å²) in [6, 6.07) is 9.21. The lowest BCUT2D eigenvalue weighted by molar-refractivity contribution is -0.000407. The van der Waals surface area contributed by atoms with Crippen LogP contribution in [0.25, 0.3) is 22.3 Å². The number of carbonyl (C=O) groups is 1. The summed E-state index contributed by atoms with van der Waals surface area (Å²) in [5, 5.41) is 3.28. The number of nitrogens with one attached hydrogen (secondary N) is 1. The van der Waals surface area contributed by atoms with Crippen molar-refractivity contribution in [3.05, 3.63) is 48.3 Å². The first kappa shape index (κ1) is 17.5. The monoisotopic (exact) mass is 364 g/mol. The lowest BCUT2D eigenvalue weighted by Crippen LogP contribution is -2.41. The van der Waals surface area contributed by atoms with Crippen LogP contribution in [0.15, 0.2) is 42.7 Å². The fourth-order valence-electron chi connectivity index (χ4n) is 2.97. The fourth-order valence-corrected chi connectivity index (χ4v) is 2.97. The van der Waals surface area contributed by atoms with Gasteiger partial charge in [0.25, 0.3) is 0 Å². The van der Waals surface area contributed by atoms with Crippen molar-refractivity contribution in [3.8, 4) is 17.1 Å². The summed E-state index contributed by atoms with van der Waals surface area (Å²) >= 11 is 0. The summed E-state index contributed by atoms with van der Waals surface area (Å²) in [6.45, 7) is 4.21. The van der Waals surface area contributed by atoms with E-state index in [2.05, 4.69) is 20.3 Å². The maximum absolute atomic E-state index is 11.5. The highest BCUT2D eigenvalue weighted by Gasteiger charge is 2.17. The number of benzene rings is 1. The highest BCUT2D eigenvalue weighted by Crippen LogP contribution is 2.27. The molecule has 27 heavy (non-hydrogen) atoms. The van der Waals surface area contributed by atoms with Gasteiger partial charge in [-0.15, -0.1) is 0 Å². The van der Waals surface area contributed by atoms with Gasteiger partial charge in [0.15, 0.2) is 11.3 Å². The molecule has 1 unspecified atom stereocenters. The van der Waals surface area contributed by atoms with Crippen molar-refractivity contribution in [1.82, 2.24) is 20.3 Å². The SMILES string of the molecule is CC(=O)c1ccc(-c2cc3nccnc3c(OCC3CNCCO3)n2)cc1. The molecule has 0 saturated carbocycles. The van der Waals surface area contributed by atoms with Gasteiger partial charge in [-0.25, -0.2) is 9.97 Å². The van der Waals surface area contributed by atoms with Crippen LogP contribution in [-0.2, 0) is 4.74 Å². The number of morpholine rings is 1. The molecule has 7 heteroatoms. The van der Waals surface area contributed by atoms with Crippen LogP contribution in [0, 0.1) is 0 Å². The van der Waals surface area contributed by atoms with Crippen LogP contribution in [0.4, 0.5) is 0 Å². The molecule has 0 radical (unpaired) electrons. The molecule has 3 heterocycles. The molecule has 2 aromatic heterocycles. The first-order chi connectivity index (χ1) is 13.2. The zero-order valence-electron chi connectivity index (χ0n) is 15.0. The Balaban J connectivity index is 1.66. The normalized spacial score (nSPS) is 17.0. The largest absolute Gasteiger partial charge is 0.473 e. The van der Waals surface area contributed by atoms with E-state index in [4.69, 9.17) is 9.47 Å². The molecule has 7 nitrogen and oxygen atoms in total. The Labute approximate surface area is 156 Å². The Kier molecular flexibility index (Phi) is 5.04. The molecule has 1 N–H and O–H groups in total.